The molecule has 0 saturated carbocycles. The fourth-order valence-corrected chi connectivity index (χ4v) is 1.23. The molecule has 8 heteroatoms. The van der Waals surface area contributed by atoms with Crippen molar-refractivity contribution in [1.82, 2.24) is 20.8 Å². The van der Waals surface area contributed by atoms with Crippen molar-refractivity contribution in [2.75, 3.05) is 26.0 Å². The highest BCUT2D eigenvalue weighted by Crippen LogP contribution is 1.97. The normalized spacial score (nSPS) is 11.7. The third kappa shape index (κ3) is 4.88. The second-order valence-corrected chi connectivity index (χ2v) is 3.82. The summed E-state index contributed by atoms with van der Waals surface area (Å²) in [6, 6.07) is 2.22. The number of anilines is 1. The molecular formula is C11H17N5O3. The molecule has 0 aliphatic rings. The zero-order valence-corrected chi connectivity index (χ0v) is 10.8. The Morgan fingerprint density at radius 2 is 2.16 bits per heavy atom. The van der Waals surface area contributed by atoms with E-state index >= 15 is 0 Å². The number of rotatable bonds is 6. The summed E-state index contributed by atoms with van der Waals surface area (Å²) in [7, 11) is 1.54. The lowest BCUT2D eigenvalue weighted by Crippen LogP contribution is -2.45. The van der Waals surface area contributed by atoms with Gasteiger partial charge in [0.25, 0.3) is 5.91 Å². The largest absolute Gasteiger partial charge is 0.383 e. The summed E-state index contributed by atoms with van der Waals surface area (Å²) in [5.74, 6) is -0.558. The van der Waals surface area contributed by atoms with Crippen molar-refractivity contribution in [2.24, 2.45) is 0 Å². The summed E-state index contributed by atoms with van der Waals surface area (Å²) in [6.07, 6.45) is 0. The van der Waals surface area contributed by atoms with Crippen LogP contribution < -0.4 is 16.4 Å². The summed E-state index contributed by atoms with van der Waals surface area (Å²) < 4.78 is 4.80. The van der Waals surface area contributed by atoms with Crippen LogP contribution in [0.2, 0.25) is 0 Å². The second-order valence-electron chi connectivity index (χ2n) is 3.82. The Kier molecular flexibility index (Phi) is 5.68. The molecule has 8 nitrogen and oxygen atoms in total. The molecule has 19 heavy (non-hydrogen) atoms. The number of amides is 2. The molecule has 0 spiro atoms. The summed E-state index contributed by atoms with van der Waals surface area (Å²) in [5, 5.41) is 12.3. The van der Waals surface area contributed by atoms with Crippen LogP contribution in [0, 0.1) is 0 Å². The Hall–Kier alpha value is -2.22. The van der Waals surface area contributed by atoms with Gasteiger partial charge in [-0.3, -0.25) is 9.59 Å². The van der Waals surface area contributed by atoms with E-state index in [9.17, 15) is 9.59 Å². The molecule has 0 fully saturated rings. The first kappa shape index (κ1) is 14.8. The molecule has 0 radical (unpaired) electrons. The van der Waals surface area contributed by atoms with E-state index in [1.807, 2.05) is 0 Å². The van der Waals surface area contributed by atoms with Gasteiger partial charge in [0.15, 0.2) is 5.69 Å². The number of nitrogens with one attached hydrogen (secondary N) is 2. The van der Waals surface area contributed by atoms with Gasteiger partial charge in [0, 0.05) is 13.7 Å². The van der Waals surface area contributed by atoms with Gasteiger partial charge < -0.3 is 21.1 Å². The minimum atomic E-state index is -0.677. The number of aromatic nitrogens is 2. The SMILES string of the molecule is COCCNC(=O)C(C)NC(=O)c1ccc(N)nn1. The quantitative estimate of drug-likeness (QED) is 0.565. The van der Waals surface area contributed by atoms with Gasteiger partial charge in [-0.1, -0.05) is 0 Å². The lowest BCUT2D eigenvalue weighted by Gasteiger charge is -2.13. The van der Waals surface area contributed by atoms with Crippen molar-refractivity contribution < 1.29 is 14.3 Å². The van der Waals surface area contributed by atoms with Gasteiger partial charge in [-0.25, -0.2) is 0 Å². The first-order chi connectivity index (χ1) is 9.04. The molecule has 1 rings (SSSR count). The number of hydrogen-bond acceptors (Lipinski definition) is 6. The van der Waals surface area contributed by atoms with Gasteiger partial charge >= 0.3 is 0 Å². The number of nitrogens with two attached hydrogens (primary N) is 1. The number of hydrogen-bond donors (Lipinski definition) is 3. The smallest absolute Gasteiger partial charge is 0.272 e. The van der Waals surface area contributed by atoms with E-state index < -0.39 is 11.9 Å². The molecular weight excluding hydrogens is 250 g/mol. The van der Waals surface area contributed by atoms with Crippen molar-refractivity contribution in [3.05, 3.63) is 17.8 Å². The fraction of sp³-hybridized carbons (Fsp3) is 0.455. The monoisotopic (exact) mass is 267 g/mol. The summed E-state index contributed by atoms with van der Waals surface area (Å²) in [6.45, 7) is 2.37. The number of nitrogen functional groups attached to an aromatic ring is 1. The number of nitrogens with zero attached hydrogens (tertiary/aromatic N) is 2. The predicted octanol–water partition coefficient (Wildman–Crippen LogP) is -1.06. The van der Waals surface area contributed by atoms with Gasteiger partial charge in [-0.2, -0.15) is 0 Å². The van der Waals surface area contributed by atoms with E-state index in [1.165, 1.54) is 19.2 Å². The highest BCUT2D eigenvalue weighted by Gasteiger charge is 2.17. The highest BCUT2D eigenvalue weighted by molar-refractivity contribution is 5.95. The fourth-order valence-electron chi connectivity index (χ4n) is 1.23. The van der Waals surface area contributed by atoms with Gasteiger partial charge in [-0.05, 0) is 19.1 Å². The van der Waals surface area contributed by atoms with Crippen LogP contribution >= 0.6 is 0 Å². The molecule has 0 saturated heterocycles. The number of carbonyl (C=O) groups is 2. The lowest BCUT2D eigenvalue weighted by molar-refractivity contribution is -0.122. The van der Waals surface area contributed by atoms with Crippen molar-refractivity contribution in [1.29, 1.82) is 0 Å². The maximum atomic E-state index is 11.7. The Labute approximate surface area is 110 Å². The third-order valence-corrected chi connectivity index (χ3v) is 2.26. The number of methoxy groups -OCH3 is 1. The molecule has 0 aliphatic heterocycles. The maximum Gasteiger partial charge on any atom is 0.272 e. The predicted molar refractivity (Wildman–Crippen MR) is 68.3 cm³/mol. The Morgan fingerprint density at radius 3 is 2.74 bits per heavy atom. The van der Waals surface area contributed by atoms with E-state index in [0.717, 1.165) is 0 Å². The Bertz CT molecular complexity index is 434. The van der Waals surface area contributed by atoms with Crippen LogP contribution in [-0.4, -0.2) is 48.3 Å². The van der Waals surface area contributed by atoms with Gasteiger partial charge in [0.1, 0.15) is 11.9 Å². The molecule has 0 aromatic carbocycles. The Morgan fingerprint density at radius 1 is 1.42 bits per heavy atom. The van der Waals surface area contributed by atoms with Crippen LogP contribution in [0.1, 0.15) is 17.4 Å². The average molecular weight is 267 g/mol. The van der Waals surface area contributed by atoms with Crippen LogP contribution in [0.3, 0.4) is 0 Å². The zero-order chi connectivity index (χ0) is 14.3. The van der Waals surface area contributed by atoms with Crippen molar-refractivity contribution in [2.45, 2.75) is 13.0 Å². The van der Waals surface area contributed by atoms with E-state index in [4.69, 9.17) is 10.5 Å². The van der Waals surface area contributed by atoms with Crippen LogP contribution in [0.4, 0.5) is 5.82 Å². The molecule has 1 unspecified atom stereocenters. The van der Waals surface area contributed by atoms with Crippen LogP contribution in [0.15, 0.2) is 12.1 Å². The first-order valence-corrected chi connectivity index (χ1v) is 5.71. The van der Waals surface area contributed by atoms with Gasteiger partial charge in [-0.15, -0.1) is 10.2 Å². The standard InChI is InChI=1S/C11H17N5O3/c1-7(10(17)13-5-6-19-2)14-11(18)8-3-4-9(12)16-15-8/h3-4,7H,5-6H2,1-2H3,(H2,12,16)(H,13,17)(H,14,18). The maximum absolute atomic E-state index is 11.7. The topological polar surface area (TPSA) is 119 Å². The molecule has 1 aromatic heterocycles. The number of carbonyl (C=O) groups excluding carboxylic acids is 2. The lowest BCUT2D eigenvalue weighted by atomic mass is 10.3. The summed E-state index contributed by atoms with van der Waals surface area (Å²) in [4.78, 5) is 23.3. The summed E-state index contributed by atoms with van der Waals surface area (Å²) >= 11 is 0. The zero-order valence-electron chi connectivity index (χ0n) is 10.8. The van der Waals surface area contributed by atoms with Crippen LogP contribution in [0.25, 0.3) is 0 Å². The van der Waals surface area contributed by atoms with Crippen molar-refractivity contribution in [3.8, 4) is 0 Å². The Balaban J connectivity index is 2.47. The van der Waals surface area contributed by atoms with Crippen molar-refractivity contribution in [3.63, 3.8) is 0 Å². The molecule has 1 atom stereocenters. The van der Waals surface area contributed by atoms with E-state index in [2.05, 4.69) is 20.8 Å². The van der Waals surface area contributed by atoms with E-state index in [-0.39, 0.29) is 17.4 Å². The van der Waals surface area contributed by atoms with E-state index in [1.54, 1.807) is 6.92 Å². The first-order valence-electron chi connectivity index (χ1n) is 5.71. The van der Waals surface area contributed by atoms with Gasteiger partial charge in [0.05, 0.1) is 6.61 Å². The van der Waals surface area contributed by atoms with Crippen molar-refractivity contribution >= 4 is 17.6 Å². The minimum Gasteiger partial charge on any atom is -0.383 e. The molecule has 0 bridgehead atoms. The third-order valence-electron chi connectivity index (χ3n) is 2.26. The number of ether oxygens (including phenoxy) is 1. The molecule has 4 N–H and O–H groups in total. The molecule has 104 valence electrons. The molecule has 2 amide bonds. The molecule has 1 heterocycles. The summed E-state index contributed by atoms with van der Waals surface area (Å²) in [5.41, 5.74) is 5.47. The molecule has 1 aromatic rings. The van der Waals surface area contributed by atoms with E-state index in [0.29, 0.717) is 13.2 Å². The molecule has 0 aliphatic carbocycles. The second kappa shape index (κ2) is 7.27. The average Bonchev–Trinajstić information content (AvgIpc) is 2.39. The van der Waals surface area contributed by atoms with Crippen LogP contribution in [-0.2, 0) is 9.53 Å². The van der Waals surface area contributed by atoms with Gasteiger partial charge in [0.2, 0.25) is 5.91 Å². The highest BCUT2D eigenvalue weighted by atomic mass is 16.5. The minimum absolute atomic E-state index is 0.103. The van der Waals surface area contributed by atoms with Crippen LogP contribution in [0.5, 0.6) is 0 Å².